The van der Waals surface area contributed by atoms with E-state index in [1.54, 1.807) is 32.0 Å². The highest BCUT2D eigenvalue weighted by molar-refractivity contribution is 6.31. The summed E-state index contributed by atoms with van der Waals surface area (Å²) in [5, 5.41) is 20.4. The summed E-state index contributed by atoms with van der Waals surface area (Å²) in [6.45, 7) is 3.41. The second kappa shape index (κ2) is 10.7. The Balaban J connectivity index is 1.50. The number of ether oxygens (including phenoxy) is 1. The minimum absolute atomic E-state index is 0.0632. The smallest absolute Gasteiger partial charge is 0.305 e. The summed E-state index contributed by atoms with van der Waals surface area (Å²) in [7, 11) is 0. The van der Waals surface area contributed by atoms with Crippen LogP contribution in [0.3, 0.4) is 0 Å². The van der Waals surface area contributed by atoms with Crippen molar-refractivity contribution < 1.29 is 43.3 Å². The molecule has 1 saturated carbocycles. The molecule has 2 aromatic rings. The minimum atomic E-state index is -1.44. The number of hydrogen-bond acceptors (Lipinski definition) is 7. The molecule has 4 amide bonds. The van der Waals surface area contributed by atoms with Crippen LogP contribution in [0.4, 0.5) is 10.1 Å². The standard InChI is InChI=1S/C32H30ClFN2O8/c1-3-44-23-6-4-5-18(27(23)39)26-16-8-9-17-25(30(42)35(28(17)40)12-11-24(37)38)19(16)14-20-29(41)36(31(43)32(20,26)2)15-7-10-22(34)21(33)13-15/h4-8,10,13,17,19-20,25-26,39H,3,9,11-12,14H2,1-2H3,(H,37,38). The number of aliphatic carboxylic acids is 1. The molecule has 4 aliphatic rings. The molecular formula is C32H30ClFN2O8. The molecule has 2 saturated heterocycles. The van der Waals surface area contributed by atoms with E-state index in [-0.39, 0.29) is 48.2 Å². The first-order chi connectivity index (χ1) is 20.9. The summed E-state index contributed by atoms with van der Waals surface area (Å²) < 4.78 is 19.7. The van der Waals surface area contributed by atoms with E-state index in [9.17, 15) is 38.6 Å². The van der Waals surface area contributed by atoms with E-state index in [1.165, 1.54) is 12.1 Å². The van der Waals surface area contributed by atoms with Gasteiger partial charge >= 0.3 is 5.97 Å². The zero-order valence-electron chi connectivity index (χ0n) is 24.0. The van der Waals surface area contributed by atoms with Crippen LogP contribution in [-0.2, 0) is 24.0 Å². The molecule has 6 rings (SSSR count). The van der Waals surface area contributed by atoms with Crippen LogP contribution in [-0.4, -0.2) is 57.9 Å². The van der Waals surface area contributed by atoms with Crippen LogP contribution in [0, 0.1) is 34.9 Å². The van der Waals surface area contributed by atoms with Crippen molar-refractivity contribution in [2.75, 3.05) is 18.1 Å². The Hall–Kier alpha value is -4.25. The van der Waals surface area contributed by atoms with Crippen molar-refractivity contribution in [3.8, 4) is 11.5 Å². The van der Waals surface area contributed by atoms with E-state index >= 15 is 0 Å². The van der Waals surface area contributed by atoms with Crippen LogP contribution in [0.5, 0.6) is 11.5 Å². The fraction of sp³-hybridized carbons (Fsp3) is 0.406. The van der Waals surface area contributed by atoms with Crippen LogP contribution in [0.1, 0.15) is 44.6 Å². The van der Waals surface area contributed by atoms with Gasteiger partial charge in [-0.05, 0) is 56.9 Å². The van der Waals surface area contributed by atoms with E-state index in [1.807, 2.05) is 6.08 Å². The van der Waals surface area contributed by atoms with Gasteiger partial charge in [0.05, 0.1) is 46.9 Å². The zero-order valence-corrected chi connectivity index (χ0v) is 24.7. The Morgan fingerprint density at radius 3 is 2.55 bits per heavy atom. The molecule has 2 heterocycles. The molecular weight excluding hydrogens is 595 g/mol. The number of aromatic hydroxyl groups is 1. The topological polar surface area (TPSA) is 142 Å². The first-order valence-corrected chi connectivity index (χ1v) is 14.8. The number of amides is 4. The number of carboxylic acids is 1. The number of allylic oxidation sites excluding steroid dienone is 2. The first kappa shape index (κ1) is 29.8. The molecule has 230 valence electrons. The van der Waals surface area contributed by atoms with Crippen LogP contribution in [0.15, 0.2) is 48.0 Å². The van der Waals surface area contributed by atoms with Crippen molar-refractivity contribution in [1.82, 2.24) is 4.90 Å². The fourth-order valence-electron chi connectivity index (χ4n) is 7.77. The number of rotatable bonds is 7. The lowest BCUT2D eigenvalue weighted by atomic mass is 9.51. The van der Waals surface area contributed by atoms with Gasteiger partial charge in [-0.2, -0.15) is 0 Å². The Labute approximate surface area is 257 Å². The number of carboxylic acid groups (broad SMARTS) is 1. The summed E-state index contributed by atoms with van der Waals surface area (Å²) in [5.41, 5.74) is -0.368. The van der Waals surface area contributed by atoms with Crippen molar-refractivity contribution in [3.63, 3.8) is 0 Å². The number of imide groups is 2. The number of carbonyl (C=O) groups is 5. The van der Waals surface area contributed by atoms with E-state index < -0.39 is 76.8 Å². The molecule has 44 heavy (non-hydrogen) atoms. The highest BCUT2D eigenvalue weighted by atomic mass is 35.5. The third-order valence-electron chi connectivity index (χ3n) is 9.72. The number of halogens is 2. The molecule has 2 aliphatic heterocycles. The first-order valence-electron chi connectivity index (χ1n) is 14.5. The number of nitrogens with zero attached hydrogens (tertiary/aromatic N) is 2. The van der Waals surface area contributed by atoms with Crippen molar-refractivity contribution in [3.05, 3.63) is 64.5 Å². The molecule has 6 unspecified atom stereocenters. The second-order valence-corrected chi connectivity index (χ2v) is 12.3. The number of benzene rings is 2. The Bertz CT molecular complexity index is 1660. The lowest BCUT2D eigenvalue weighted by Gasteiger charge is -2.49. The Kier molecular flexibility index (Phi) is 7.27. The molecule has 0 radical (unpaired) electrons. The van der Waals surface area contributed by atoms with Gasteiger partial charge in [0.1, 0.15) is 5.82 Å². The highest BCUT2D eigenvalue weighted by Crippen LogP contribution is 2.64. The van der Waals surface area contributed by atoms with Crippen LogP contribution in [0.2, 0.25) is 5.02 Å². The van der Waals surface area contributed by atoms with Crippen molar-refractivity contribution in [1.29, 1.82) is 0 Å². The van der Waals surface area contributed by atoms with E-state index in [2.05, 4.69) is 0 Å². The maximum Gasteiger partial charge on any atom is 0.305 e. The van der Waals surface area contributed by atoms with Crippen molar-refractivity contribution in [2.24, 2.45) is 29.1 Å². The molecule has 6 atom stereocenters. The number of anilines is 1. The van der Waals surface area contributed by atoms with Crippen LogP contribution < -0.4 is 9.64 Å². The van der Waals surface area contributed by atoms with Crippen LogP contribution >= 0.6 is 11.6 Å². The minimum Gasteiger partial charge on any atom is -0.504 e. The normalized spacial score (nSPS) is 29.4. The number of likely N-dealkylation sites (tertiary alicyclic amines) is 1. The SMILES string of the molecule is CCOc1cccc(C2C3=CCC4C(=O)N(CCC(=O)O)C(=O)C4C3CC3C(=O)N(c4ccc(F)c(Cl)c4)C(=O)C32C)c1O. The predicted molar refractivity (Wildman–Crippen MR) is 154 cm³/mol. The third-order valence-corrected chi connectivity index (χ3v) is 10.0. The van der Waals surface area contributed by atoms with E-state index in [0.717, 1.165) is 15.9 Å². The molecule has 0 aromatic heterocycles. The third kappa shape index (κ3) is 4.23. The Morgan fingerprint density at radius 2 is 1.86 bits per heavy atom. The molecule has 0 spiro atoms. The van der Waals surface area contributed by atoms with Gasteiger partial charge in [-0.25, -0.2) is 9.29 Å². The van der Waals surface area contributed by atoms with Gasteiger partial charge < -0.3 is 14.9 Å². The lowest BCUT2D eigenvalue weighted by molar-refractivity contribution is -0.142. The second-order valence-electron chi connectivity index (χ2n) is 11.9. The summed E-state index contributed by atoms with van der Waals surface area (Å²) >= 11 is 6.03. The summed E-state index contributed by atoms with van der Waals surface area (Å²) in [6.07, 6.45) is 1.66. The van der Waals surface area contributed by atoms with Gasteiger partial charge in [0, 0.05) is 18.0 Å². The van der Waals surface area contributed by atoms with Gasteiger partial charge in [-0.3, -0.25) is 28.9 Å². The zero-order chi connectivity index (χ0) is 31.7. The summed E-state index contributed by atoms with van der Waals surface area (Å²) in [4.78, 5) is 68.9. The van der Waals surface area contributed by atoms with Gasteiger partial charge in [0.15, 0.2) is 11.5 Å². The number of carbonyl (C=O) groups excluding carboxylic acids is 4. The lowest BCUT2D eigenvalue weighted by Crippen LogP contribution is -2.49. The maximum absolute atomic E-state index is 14.4. The molecule has 2 aliphatic carbocycles. The van der Waals surface area contributed by atoms with Gasteiger partial charge in [0.2, 0.25) is 23.6 Å². The number of phenolic OH excluding ortho intramolecular Hbond substituents is 1. The van der Waals surface area contributed by atoms with Crippen molar-refractivity contribution in [2.45, 2.75) is 39.0 Å². The molecule has 2 aromatic carbocycles. The molecule has 2 N–H and O–H groups in total. The molecule has 10 nitrogen and oxygen atoms in total. The van der Waals surface area contributed by atoms with Crippen LogP contribution in [0.25, 0.3) is 0 Å². The maximum atomic E-state index is 14.4. The number of phenols is 1. The number of hydrogen-bond donors (Lipinski definition) is 2. The van der Waals surface area contributed by atoms with Gasteiger partial charge in [0.25, 0.3) is 0 Å². The molecule has 0 bridgehead atoms. The highest BCUT2D eigenvalue weighted by Gasteiger charge is 2.68. The molecule has 3 fully saturated rings. The average molecular weight is 625 g/mol. The summed E-state index contributed by atoms with van der Waals surface area (Å²) in [6, 6.07) is 8.47. The monoisotopic (exact) mass is 624 g/mol. The summed E-state index contributed by atoms with van der Waals surface area (Å²) in [5.74, 6) is -8.09. The largest absolute Gasteiger partial charge is 0.504 e. The predicted octanol–water partition coefficient (Wildman–Crippen LogP) is 4.29. The van der Waals surface area contributed by atoms with Gasteiger partial charge in [-0.15, -0.1) is 0 Å². The quantitative estimate of drug-likeness (QED) is 0.343. The van der Waals surface area contributed by atoms with E-state index in [4.69, 9.17) is 16.3 Å². The van der Waals surface area contributed by atoms with Gasteiger partial charge in [-0.1, -0.05) is 35.4 Å². The number of para-hydroxylation sites is 1. The molecule has 12 heteroatoms. The average Bonchev–Trinajstić information content (AvgIpc) is 3.34. The Morgan fingerprint density at radius 1 is 1.11 bits per heavy atom. The fourth-order valence-corrected chi connectivity index (χ4v) is 7.94. The van der Waals surface area contributed by atoms with E-state index in [0.29, 0.717) is 11.1 Å². The number of fused-ring (bicyclic) bond motifs is 4. The van der Waals surface area contributed by atoms with Crippen molar-refractivity contribution >= 4 is 46.9 Å².